The van der Waals surface area contributed by atoms with E-state index in [2.05, 4.69) is 10.6 Å². The summed E-state index contributed by atoms with van der Waals surface area (Å²) in [5.41, 5.74) is 1.73. The maximum Gasteiger partial charge on any atom is 0.251 e. The topological polar surface area (TPSA) is 92.3 Å². The molecule has 0 atom stereocenters. The molecular weight excluding hydrogens is 364 g/mol. The van der Waals surface area contributed by atoms with Crippen molar-refractivity contribution in [3.8, 4) is 0 Å². The van der Waals surface area contributed by atoms with E-state index in [9.17, 15) is 18.0 Å². The predicted molar refractivity (Wildman–Crippen MR) is 106 cm³/mol. The Labute approximate surface area is 159 Å². The maximum absolute atomic E-state index is 12.2. The summed E-state index contributed by atoms with van der Waals surface area (Å²) in [7, 11) is -3.22. The van der Waals surface area contributed by atoms with E-state index < -0.39 is 9.84 Å². The number of amides is 2. The van der Waals surface area contributed by atoms with Crippen LogP contribution in [0.15, 0.2) is 54.6 Å². The molecule has 27 heavy (non-hydrogen) atoms. The number of hydrogen-bond donors (Lipinski definition) is 2. The molecule has 0 aliphatic carbocycles. The molecule has 6 nitrogen and oxygen atoms in total. The smallest absolute Gasteiger partial charge is 0.251 e. The van der Waals surface area contributed by atoms with Crippen molar-refractivity contribution >= 4 is 27.3 Å². The zero-order valence-electron chi connectivity index (χ0n) is 15.3. The van der Waals surface area contributed by atoms with E-state index in [0.717, 1.165) is 5.56 Å². The van der Waals surface area contributed by atoms with E-state index in [1.807, 2.05) is 18.2 Å². The molecule has 0 fully saturated rings. The Kier molecular flexibility index (Phi) is 7.55. The first-order valence-corrected chi connectivity index (χ1v) is 10.6. The number of benzene rings is 2. The number of rotatable bonds is 9. The Morgan fingerprint density at radius 3 is 2.44 bits per heavy atom. The number of hydrogen-bond acceptors (Lipinski definition) is 4. The molecule has 0 aromatic heterocycles. The van der Waals surface area contributed by atoms with Crippen molar-refractivity contribution in [2.24, 2.45) is 0 Å². The Hall–Kier alpha value is -2.67. The summed E-state index contributed by atoms with van der Waals surface area (Å²) < 4.78 is 24.3. The summed E-state index contributed by atoms with van der Waals surface area (Å²) in [6.45, 7) is 2.01. The van der Waals surface area contributed by atoms with Gasteiger partial charge >= 0.3 is 0 Å². The molecule has 0 aliphatic heterocycles. The van der Waals surface area contributed by atoms with Crippen LogP contribution in [0, 0.1) is 0 Å². The Bertz CT molecular complexity index is 880. The van der Waals surface area contributed by atoms with Gasteiger partial charge in [0, 0.05) is 24.2 Å². The van der Waals surface area contributed by atoms with Crippen LogP contribution in [0.1, 0.15) is 35.7 Å². The summed E-state index contributed by atoms with van der Waals surface area (Å²) in [5.74, 6) is -0.422. The van der Waals surface area contributed by atoms with Crippen LogP contribution in [0.5, 0.6) is 0 Å². The molecule has 0 heterocycles. The van der Waals surface area contributed by atoms with E-state index in [1.165, 1.54) is 0 Å². The number of carbonyl (C=O) groups is 2. The summed E-state index contributed by atoms with van der Waals surface area (Å²) in [6, 6.07) is 15.6. The Morgan fingerprint density at radius 2 is 1.74 bits per heavy atom. The lowest BCUT2D eigenvalue weighted by Crippen LogP contribution is -2.26. The SMILES string of the molecule is CCC(=O)Nc1cccc(C(=O)NCCCS(=O)(=O)Cc2ccccc2)c1. The van der Waals surface area contributed by atoms with Crippen molar-refractivity contribution in [1.82, 2.24) is 5.32 Å². The van der Waals surface area contributed by atoms with Crippen LogP contribution in [-0.2, 0) is 20.4 Å². The fourth-order valence-corrected chi connectivity index (χ4v) is 3.91. The molecule has 144 valence electrons. The molecule has 2 aromatic rings. The van der Waals surface area contributed by atoms with Crippen LogP contribution in [0.2, 0.25) is 0 Å². The molecule has 0 aliphatic rings. The molecule has 2 rings (SSSR count). The zero-order chi connectivity index (χ0) is 19.7. The summed E-state index contributed by atoms with van der Waals surface area (Å²) >= 11 is 0. The van der Waals surface area contributed by atoms with Crippen LogP contribution >= 0.6 is 0 Å². The molecule has 0 spiro atoms. The van der Waals surface area contributed by atoms with Crippen molar-refractivity contribution in [1.29, 1.82) is 0 Å². The first kappa shape index (κ1) is 20.6. The van der Waals surface area contributed by atoms with Crippen molar-refractivity contribution in [2.75, 3.05) is 17.6 Å². The number of nitrogens with one attached hydrogen (secondary N) is 2. The second-order valence-electron chi connectivity index (χ2n) is 6.17. The zero-order valence-corrected chi connectivity index (χ0v) is 16.1. The molecular formula is C20H24N2O4S. The fourth-order valence-electron chi connectivity index (χ4n) is 2.48. The van der Waals surface area contributed by atoms with Gasteiger partial charge < -0.3 is 10.6 Å². The maximum atomic E-state index is 12.2. The monoisotopic (exact) mass is 388 g/mol. The molecule has 0 bridgehead atoms. The van der Waals surface area contributed by atoms with E-state index in [4.69, 9.17) is 0 Å². The first-order chi connectivity index (χ1) is 12.9. The van der Waals surface area contributed by atoms with E-state index in [0.29, 0.717) is 24.1 Å². The lowest BCUT2D eigenvalue weighted by Gasteiger charge is -2.08. The van der Waals surface area contributed by atoms with Gasteiger partial charge in [0.05, 0.1) is 11.5 Å². The third-order valence-electron chi connectivity index (χ3n) is 3.88. The highest BCUT2D eigenvalue weighted by Crippen LogP contribution is 2.11. The van der Waals surface area contributed by atoms with Gasteiger partial charge in [0.1, 0.15) is 0 Å². The van der Waals surface area contributed by atoms with Gasteiger partial charge in [-0.05, 0) is 30.2 Å². The van der Waals surface area contributed by atoms with Gasteiger partial charge in [-0.2, -0.15) is 0 Å². The molecule has 0 radical (unpaired) electrons. The van der Waals surface area contributed by atoms with Crippen molar-refractivity contribution in [2.45, 2.75) is 25.5 Å². The molecule has 0 unspecified atom stereocenters. The van der Waals surface area contributed by atoms with Gasteiger partial charge in [0.25, 0.3) is 5.91 Å². The van der Waals surface area contributed by atoms with Gasteiger partial charge in [0.15, 0.2) is 9.84 Å². The molecule has 2 amide bonds. The number of sulfone groups is 1. The minimum Gasteiger partial charge on any atom is -0.352 e. The molecule has 7 heteroatoms. The second kappa shape index (κ2) is 9.87. The lowest BCUT2D eigenvalue weighted by atomic mass is 10.2. The highest BCUT2D eigenvalue weighted by Gasteiger charge is 2.12. The van der Waals surface area contributed by atoms with Crippen LogP contribution < -0.4 is 10.6 Å². The molecule has 2 aromatic carbocycles. The largest absolute Gasteiger partial charge is 0.352 e. The third-order valence-corrected chi connectivity index (χ3v) is 5.56. The average molecular weight is 388 g/mol. The van der Waals surface area contributed by atoms with Crippen LogP contribution in [0.4, 0.5) is 5.69 Å². The highest BCUT2D eigenvalue weighted by atomic mass is 32.2. The average Bonchev–Trinajstić information content (AvgIpc) is 2.65. The molecule has 0 saturated carbocycles. The normalized spacial score (nSPS) is 11.0. The van der Waals surface area contributed by atoms with Gasteiger partial charge in [-0.3, -0.25) is 9.59 Å². The van der Waals surface area contributed by atoms with E-state index in [-0.39, 0.29) is 29.9 Å². The van der Waals surface area contributed by atoms with Gasteiger partial charge in [0.2, 0.25) is 5.91 Å². The predicted octanol–water partition coefficient (Wildman–Crippen LogP) is 2.77. The molecule has 2 N–H and O–H groups in total. The van der Waals surface area contributed by atoms with Crippen LogP contribution in [0.3, 0.4) is 0 Å². The minimum atomic E-state index is -3.22. The van der Waals surface area contributed by atoms with Gasteiger partial charge in [-0.1, -0.05) is 43.3 Å². The van der Waals surface area contributed by atoms with Crippen LogP contribution in [-0.4, -0.2) is 32.5 Å². The van der Waals surface area contributed by atoms with E-state index in [1.54, 1.807) is 43.3 Å². The van der Waals surface area contributed by atoms with Gasteiger partial charge in [-0.25, -0.2) is 8.42 Å². The van der Waals surface area contributed by atoms with Crippen molar-refractivity contribution in [3.05, 3.63) is 65.7 Å². The van der Waals surface area contributed by atoms with Crippen molar-refractivity contribution < 1.29 is 18.0 Å². The second-order valence-corrected chi connectivity index (χ2v) is 8.35. The van der Waals surface area contributed by atoms with Crippen LogP contribution in [0.25, 0.3) is 0 Å². The lowest BCUT2D eigenvalue weighted by molar-refractivity contribution is -0.115. The van der Waals surface area contributed by atoms with Gasteiger partial charge in [-0.15, -0.1) is 0 Å². The quantitative estimate of drug-likeness (QED) is 0.646. The summed E-state index contributed by atoms with van der Waals surface area (Å²) in [4.78, 5) is 23.6. The Morgan fingerprint density at radius 1 is 1.00 bits per heavy atom. The first-order valence-electron chi connectivity index (χ1n) is 8.82. The highest BCUT2D eigenvalue weighted by molar-refractivity contribution is 7.90. The number of anilines is 1. The standard InChI is InChI=1S/C20H24N2O4S/c1-2-19(23)22-18-11-6-10-17(14-18)20(24)21-12-7-13-27(25,26)15-16-8-4-3-5-9-16/h3-6,8-11,14H,2,7,12-13,15H2,1H3,(H,21,24)(H,22,23). The number of carbonyl (C=O) groups excluding carboxylic acids is 2. The van der Waals surface area contributed by atoms with Crippen molar-refractivity contribution in [3.63, 3.8) is 0 Å². The third kappa shape index (κ3) is 7.22. The minimum absolute atomic E-state index is 0.000951. The summed E-state index contributed by atoms with van der Waals surface area (Å²) in [5, 5.41) is 5.41. The molecule has 0 saturated heterocycles. The van der Waals surface area contributed by atoms with E-state index >= 15 is 0 Å². The fraction of sp³-hybridized carbons (Fsp3) is 0.300. The Balaban J connectivity index is 1.80. The summed E-state index contributed by atoms with van der Waals surface area (Å²) in [6.07, 6.45) is 0.695.